The molecule has 3 aromatic rings. The Bertz CT molecular complexity index is 1240. The quantitative estimate of drug-likeness (QED) is 0.314. The molecule has 0 bridgehead atoms. The molecule has 1 amide bonds. The Morgan fingerprint density at radius 2 is 1.83 bits per heavy atom. The Hall–Kier alpha value is -3.20. The Balaban J connectivity index is 1.18. The molecule has 0 spiro atoms. The van der Waals surface area contributed by atoms with Crippen LogP contribution in [0.3, 0.4) is 0 Å². The molecule has 0 radical (unpaired) electrons. The number of carbonyl (C=O) groups excluding carboxylic acids is 1. The number of carbonyl (C=O) groups is 1. The number of amides is 1. The zero-order valence-electron chi connectivity index (χ0n) is 21.0. The molecule has 1 fully saturated rings. The third kappa shape index (κ3) is 6.72. The van der Waals surface area contributed by atoms with Gasteiger partial charge in [0.1, 0.15) is 5.75 Å². The molecule has 2 heterocycles. The summed E-state index contributed by atoms with van der Waals surface area (Å²) in [5.74, 6) is 0.0536. The number of H-pyrrole nitrogens is 1. The topological polar surface area (TPSA) is 118 Å². The zero-order valence-corrected chi connectivity index (χ0v) is 21.0. The van der Waals surface area contributed by atoms with Crippen LogP contribution in [0.1, 0.15) is 47.6 Å². The van der Waals surface area contributed by atoms with Crippen molar-refractivity contribution >= 4 is 16.8 Å². The van der Waals surface area contributed by atoms with E-state index < -0.39 is 6.10 Å². The molecule has 8 nitrogen and oxygen atoms in total. The van der Waals surface area contributed by atoms with Gasteiger partial charge in [0.2, 0.25) is 11.5 Å². The average Bonchev–Trinajstić information content (AvgIpc) is 2.85. The minimum atomic E-state index is -0.766. The van der Waals surface area contributed by atoms with E-state index in [1.54, 1.807) is 12.1 Å². The summed E-state index contributed by atoms with van der Waals surface area (Å²) in [6.45, 7) is 7.62. The smallest absolute Gasteiger partial charge is 0.248 e. The van der Waals surface area contributed by atoms with Gasteiger partial charge in [-0.2, -0.15) is 0 Å². The van der Waals surface area contributed by atoms with Gasteiger partial charge in [-0.25, -0.2) is 0 Å². The predicted molar refractivity (Wildman–Crippen MR) is 141 cm³/mol. The van der Waals surface area contributed by atoms with Gasteiger partial charge in [-0.15, -0.1) is 0 Å². The number of nitrogens with one attached hydrogen (secondary N) is 3. The molecule has 0 saturated carbocycles. The Kier molecular flexibility index (Phi) is 8.40. The first kappa shape index (κ1) is 25.9. The first-order valence-electron chi connectivity index (χ1n) is 12.6. The zero-order chi connectivity index (χ0) is 25.7. The van der Waals surface area contributed by atoms with Crippen molar-refractivity contribution in [1.29, 1.82) is 0 Å². The van der Waals surface area contributed by atoms with E-state index in [2.05, 4.69) is 52.6 Å². The number of rotatable bonds is 9. The van der Waals surface area contributed by atoms with Crippen molar-refractivity contribution in [2.45, 2.75) is 51.8 Å². The molecule has 192 valence electrons. The van der Waals surface area contributed by atoms with Crippen molar-refractivity contribution < 1.29 is 15.0 Å². The van der Waals surface area contributed by atoms with E-state index in [0.717, 1.165) is 38.0 Å². The fraction of sp³-hybridized carbons (Fsp3) is 0.429. The molecule has 8 heteroatoms. The number of hydrogen-bond donors (Lipinski definition) is 5. The first-order chi connectivity index (χ1) is 17.3. The summed E-state index contributed by atoms with van der Waals surface area (Å²) in [4.78, 5) is 28.9. The predicted octanol–water partition coefficient (Wildman–Crippen LogP) is 2.64. The Morgan fingerprint density at radius 1 is 1.11 bits per heavy atom. The van der Waals surface area contributed by atoms with Crippen LogP contribution >= 0.6 is 0 Å². The number of nitrogens with zero attached hydrogens (tertiary/aromatic N) is 1. The van der Waals surface area contributed by atoms with Crippen LogP contribution in [0, 0.1) is 13.8 Å². The number of aryl methyl sites for hydroxylation is 2. The van der Waals surface area contributed by atoms with Crippen molar-refractivity contribution in [3.05, 3.63) is 75.1 Å². The second-order valence-electron chi connectivity index (χ2n) is 9.85. The van der Waals surface area contributed by atoms with Gasteiger partial charge < -0.3 is 30.7 Å². The molecule has 1 saturated heterocycles. The number of benzene rings is 2. The second-order valence-corrected chi connectivity index (χ2v) is 9.85. The number of phenols is 1. The largest absolute Gasteiger partial charge is 0.506 e. The molecule has 1 atom stereocenters. The standard InChI is InChI=1S/C28H36N4O4/c1-18-13-19(2)15-20(14-18)16-30-26(35)9-12-32-10-7-21(8-11-32)29-17-25(34)22-3-5-24(33)28-23(22)4-6-27(36)31-28/h3-6,13-15,21,25,29,33-34H,7-12,16-17H2,1-2H3,(H,30,35)(H,31,36)/t25-/m0/s1. The van der Waals surface area contributed by atoms with Crippen molar-refractivity contribution in [3.8, 4) is 5.75 Å². The summed E-state index contributed by atoms with van der Waals surface area (Å²) >= 11 is 0. The van der Waals surface area contributed by atoms with E-state index in [-0.39, 0.29) is 23.3 Å². The fourth-order valence-electron chi connectivity index (χ4n) is 5.02. The van der Waals surface area contributed by atoms with Gasteiger partial charge in [-0.05, 0) is 63.0 Å². The van der Waals surface area contributed by atoms with Gasteiger partial charge in [0.05, 0.1) is 11.6 Å². The van der Waals surface area contributed by atoms with Gasteiger partial charge >= 0.3 is 0 Å². The molecule has 2 aromatic carbocycles. The van der Waals surface area contributed by atoms with Crippen LogP contribution in [0.4, 0.5) is 0 Å². The summed E-state index contributed by atoms with van der Waals surface area (Å²) in [5, 5.41) is 27.9. The number of aliphatic hydroxyl groups excluding tert-OH is 1. The number of likely N-dealkylation sites (tertiary alicyclic amines) is 1. The molecule has 1 aliphatic heterocycles. The molecule has 5 N–H and O–H groups in total. The summed E-state index contributed by atoms with van der Waals surface area (Å²) in [6, 6.07) is 12.8. The minimum Gasteiger partial charge on any atom is -0.506 e. The van der Waals surface area contributed by atoms with Crippen LogP contribution in [0.2, 0.25) is 0 Å². The fourth-order valence-corrected chi connectivity index (χ4v) is 5.02. The second kappa shape index (κ2) is 11.7. The molecule has 36 heavy (non-hydrogen) atoms. The highest BCUT2D eigenvalue weighted by atomic mass is 16.3. The van der Waals surface area contributed by atoms with Crippen LogP contribution in [0.5, 0.6) is 5.75 Å². The highest BCUT2D eigenvalue weighted by Gasteiger charge is 2.21. The lowest BCUT2D eigenvalue weighted by Gasteiger charge is -2.32. The summed E-state index contributed by atoms with van der Waals surface area (Å²) in [7, 11) is 0. The van der Waals surface area contributed by atoms with Crippen LogP contribution in [0.25, 0.3) is 10.9 Å². The van der Waals surface area contributed by atoms with E-state index >= 15 is 0 Å². The molecule has 1 aromatic heterocycles. The lowest BCUT2D eigenvalue weighted by atomic mass is 10.0. The summed E-state index contributed by atoms with van der Waals surface area (Å²) in [5.41, 5.74) is 4.24. The van der Waals surface area contributed by atoms with E-state index in [0.29, 0.717) is 36.0 Å². The molecular weight excluding hydrogens is 456 g/mol. The van der Waals surface area contributed by atoms with E-state index in [1.807, 2.05) is 0 Å². The molecular formula is C28H36N4O4. The molecule has 0 aliphatic carbocycles. The third-order valence-electron chi connectivity index (χ3n) is 6.88. The maximum atomic E-state index is 12.3. The number of aromatic amines is 1. The highest BCUT2D eigenvalue weighted by molar-refractivity contribution is 5.87. The number of hydrogen-bond acceptors (Lipinski definition) is 6. The Morgan fingerprint density at radius 3 is 2.56 bits per heavy atom. The van der Waals surface area contributed by atoms with Gasteiger partial charge in [0.25, 0.3) is 0 Å². The van der Waals surface area contributed by atoms with Crippen molar-refractivity contribution in [3.63, 3.8) is 0 Å². The number of aromatic hydroxyl groups is 1. The van der Waals surface area contributed by atoms with Gasteiger partial charge in [0.15, 0.2) is 0 Å². The Labute approximate surface area is 211 Å². The molecule has 4 rings (SSSR count). The van der Waals surface area contributed by atoms with E-state index in [9.17, 15) is 19.8 Å². The molecule has 0 unspecified atom stereocenters. The van der Waals surface area contributed by atoms with E-state index in [1.165, 1.54) is 23.3 Å². The van der Waals surface area contributed by atoms with Crippen LogP contribution < -0.4 is 16.2 Å². The van der Waals surface area contributed by atoms with Crippen molar-refractivity contribution in [2.75, 3.05) is 26.2 Å². The van der Waals surface area contributed by atoms with Crippen LogP contribution in [0.15, 0.2) is 47.3 Å². The van der Waals surface area contributed by atoms with Gasteiger partial charge in [-0.3, -0.25) is 9.59 Å². The van der Waals surface area contributed by atoms with Crippen LogP contribution in [-0.2, 0) is 11.3 Å². The number of aromatic nitrogens is 1. The lowest BCUT2D eigenvalue weighted by Crippen LogP contribution is -2.44. The van der Waals surface area contributed by atoms with Gasteiger partial charge in [0, 0.05) is 43.5 Å². The maximum absolute atomic E-state index is 12.3. The summed E-state index contributed by atoms with van der Waals surface area (Å²) < 4.78 is 0. The van der Waals surface area contributed by atoms with E-state index in [4.69, 9.17) is 0 Å². The average molecular weight is 493 g/mol. The maximum Gasteiger partial charge on any atom is 0.248 e. The third-order valence-corrected chi connectivity index (χ3v) is 6.88. The SMILES string of the molecule is Cc1cc(C)cc(CNC(=O)CCN2CCC(NC[C@H](O)c3ccc(O)c4[nH]c(=O)ccc34)CC2)c1. The number of fused-ring (bicyclic) bond motifs is 1. The minimum absolute atomic E-state index is 0.0158. The molecule has 1 aliphatic rings. The normalized spacial score (nSPS) is 15.8. The lowest BCUT2D eigenvalue weighted by molar-refractivity contribution is -0.121. The van der Waals surface area contributed by atoms with Gasteiger partial charge in [-0.1, -0.05) is 35.4 Å². The number of pyridine rings is 1. The highest BCUT2D eigenvalue weighted by Crippen LogP contribution is 2.28. The number of piperidine rings is 1. The number of aliphatic hydroxyl groups is 1. The first-order valence-corrected chi connectivity index (χ1v) is 12.6. The number of phenolic OH excluding ortho intramolecular Hbond substituents is 1. The monoisotopic (exact) mass is 492 g/mol. The van der Waals surface area contributed by atoms with Crippen LogP contribution in [-0.4, -0.2) is 58.2 Å². The summed E-state index contributed by atoms with van der Waals surface area (Å²) in [6.07, 6.45) is 1.61. The van der Waals surface area contributed by atoms with Crippen molar-refractivity contribution in [1.82, 2.24) is 20.5 Å². The van der Waals surface area contributed by atoms with Crippen molar-refractivity contribution in [2.24, 2.45) is 0 Å².